The Balaban J connectivity index is 2.33. The fourth-order valence-corrected chi connectivity index (χ4v) is 1.72. The second kappa shape index (κ2) is 3.26. The van der Waals surface area contributed by atoms with Gasteiger partial charge < -0.3 is 11.1 Å². The van der Waals surface area contributed by atoms with Crippen molar-refractivity contribution < 1.29 is 0 Å². The molecule has 1 unspecified atom stereocenters. The molecule has 3 heteroatoms. The molecule has 80 valence electrons. The van der Waals surface area contributed by atoms with Crippen LogP contribution >= 0.6 is 0 Å². The van der Waals surface area contributed by atoms with E-state index in [0.29, 0.717) is 5.84 Å². The molecule has 0 fully saturated rings. The van der Waals surface area contributed by atoms with Crippen molar-refractivity contribution in [3.05, 3.63) is 35.7 Å². The molecule has 0 aromatic rings. The average Bonchev–Trinajstić information content (AvgIpc) is 2.16. The van der Waals surface area contributed by atoms with Crippen molar-refractivity contribution in [1.82, 2.24) is 5.32 Å². The summed E-state index contributed by atoms with van der Waals surface area (Å²) in [6.45, 7) is 6.57. The van der Waals surface area contributed by atoms with Gasteiger partial charge in [0.25, 0.3) is 0 Å². The molecule has 0 saturated carbocycles. The van der Waals surface area contributed by atoms with Crippen molar-refractivity contribution in [2.45, 2.75) is 26.8 Å². The van der Waals surface area contributed by atoms with E-state index in [-0.39, 0.29) is 11.5 Å². The Bertz CT molecular complexity index is 392. The van der Waals surface area contributed by atoms with Crippen LogP contribution in [0.4, 0.5) is 0 Å². The van der Waals surface area contributed by atoms with E-state index in [1.807, 2.05) is 6.08 Å². The summed E-state index contributed by atoms with van der Waals surface area (Å²) in [6, 6.07) is 0.182. The Morgan fingerprint density at radius 1 is 1.33 bits per heavy atom. The van der Waals surface area contributed by atoms with Crippen LogP contribution in [0.3, 0.4) is 0 Å². The maximum absolute atomic E-state index is 5.81. The normalized spacial score (nSPS) is 24.7. The zero-order valence-corrected chi connectivity index (χ0v) is 9.41. The first-order valence-electron chi connectivity index (χ1n) is 5.18. The molecular formula is C12H17N3. The highest BCUT2D eigenvalue weighted by Gasteiger charge is 2.25. The van der Waals surface area contributed by atoms with Crippen LogP contribution in [0.1, 0.15) is 20.8 Å². The lowest BCUT2D eigenvalue weighted by Crippen LogP contribution is -2.40. The van der Waals surface area contributed by atoms with Crippen LogP contribution in [-0.4, -0.2) is 11.9 Å². The largest absolute Gasteiger partial charge is 0.383 e. The van der Waals surface area contributed by atoms with Gasteiger partial charge in [0.15, 0.2) is 0 Å². The highest BCUT2D eigenvalue weighted by Crippen LogP contribution is 2.28. The fourth-order valence-electron chi connectivity index (χ4n) is 1.72. The number of allylic oxidation sites excluding steroid dienone is 3. The molecule has 0 radical (unpaired) electrons. The molecule has 1 atom stereocenters. The molecule has 15 heavy (non-hydrogen) atoms. The number of nitrogens with zero attached hydrogens (tertiary/aromatic N) is 1. The first-order chi connectivity index (χ1) is 6.98. The standard InChI is InChI=1S/C12H17N3/c1-12(2,3)10-5-4-8-9(15-10)6-7-14-11(8)13/h4-7,9,15H,1-3H3,(H2,13,14). The summed E-state index contributed by atoms with van der Waals surface area (Å²) in [5.74, 6) is 0.610. The van der Waals surface area contributed by atoms with Crippen LogP contribution in [0.2, 0.25) is 0 Å². The van der Waals surface area contributed by atoms with Gasteiger partial charge in [0.05, 0.1) is 6.04 Å². The first kappa shape index (κ1) is 10.0. The number of fused-ring (bicyclic) bond motifs is 1. The molecular weight excluding hydrogens is 186 g/mol. The number of hydrogen-bond acceptors (Lipinski definition) is 3. The highest BCUT2D eigenvalue weighted by atomic mass is 15.0. The summed E-state index contributed by atoms with van der Waals surface area (Å²) < 4.78 is 0. The summed E-state index contributed by atoms with van der Waals surface area (Å²) in [5.41, 5.74) is 8.24. The van der Waals surface area contributed by atoms with E-state index in [1.165, 1.54) is 5.70 Å². The molecule has 3 N–H and O–H groups in total. The summed E-state index contributed by atoms with van der Waals surface area (Å²) in [4.78, 5) is 4.08. The third kappa shape index (κ3) is 1.82. The predicted octanol–water partition coefficient (Wildman–Crippen LogP) is 1.70. The third-order valence-corrected chi connectivity index (χ3v) is 2.67. The Labute approximate surface area is 90.5 Å². The summed E-state index contributed by atoms with van der Waals surface area (Å²) in [6.07, 6.45) is 7.94. The Morgan fingerprint density at radius 3 is 2.73 bits per heavy atom. The minimum absolute atomic E-state index is 0.138. The van der Waals surface area contributed by atoms with Crippen LogP contribution in [0, 0.1) is 5.41 Å². The zero-order chi connectivity index (χ0) is 11.1. The number of rotatable bonds is 0. The second-order valence-corrected chi connectivity index (χ2v) is 4.93. The minimum Gasteiger partial charge on any atom is -0.383 e. The zero-order valence-electron chi connectivity index (χ0n) is 9.41. The molecule has 0 amide bonds. The number of dihydropyridines is 1. The molecule has 2 aliphatic rings. The lowest BCUT2D eigenvalue weighted by molar-refractivity contribution is 0.452. The lowest BCUT2D eigenvalue weighted by Gasteiger charge is -2.32. The molecule has 0 aromatic carbocycles. The monoisotopic (exact) mass is 203 g/mol. The molecule has 0 saturated heterocycles. The third-order valence-electron chi connectivity index (χ3n) is 2.67. The van der Waals surface area contributed by atoms with Gasteiger partial charge in [0.2, 0.25) is 0 Å². The van der Waals surface area contributed by atoms with E-state index in [1.54, 1.807) is 6.20 Å². The van der Waals surface area contributed by atoms with Gasteiger partial charge in [-0.15, -0.1) is 0 Å². The van der Waals surface area contributed by atoms with Crippen molar-refractivity contribution in [3.8, 4) is 0 Å². The summed E-state index contributed by atoms with van der Waals surface area (Å²) >= 11 is 0. The van der Waals surface area contributed by atoms with Gasteiger partial charge >= 0.3 is 0 Å². The van der Waals surface area contributed by atoms with Gasteiger partial charge in [-0.1, -0.05) is 26.8 Å². The van der Waals surface area contributed by atoms with Crippen molar-refractivity contribution in [3.63, 3.8) is 0 Å². The smallest absolute Gasteiger partial charge is 0.128 e. The van der Waals surface area contributed by atoms with Gasteiger partial charge in [-0.2, -0.15) is 0 Å². The number of nitrogens with one attached hydrogen (secondary N) is 1. The topological polar surface area (TPSA) is 50.4 Å². The highest BCUT2D eigenvalue weighted by molar-refractivity contribution is 6.00. The molecule has 0 aromatic heterocycles. The van der Waals surface area contributed by atoms with Crippen LogP contribution in [0.25, 0.3) is 0 Å². The molecule has 0 spiro atoms. The summed E-state index contributed by atoms with van der Waals surface area (Å²) in [7, 11) is 0. The van der Waals surface area contributed by atoms with Gasteiger partial charge in [-0.25, -0.2) is 4.99 Å². The average molecular weight is 203 g/mol. The maximum atomic E-state index is 5.81. The van der Waals surface area contributed by atoms with Crippen LogP contribution in [0.15, 0.2) is 40.7 Å². The number of amidine groups is 1. The molecule has 0 bridgehead atoms. The Morgan fingerprint density at radius 2 is 2.07 bits per heavy atom. The maximum Gasteiger partial charge on any atom is 0.128 e. The molecule has 3 nitrogen and oxygen atoms in total. The van der Waals surface area contributed by atoms with Crippen molar-refractivity contribution in [1.29, 1.82) is 0 Å². The Kier molecular flexibility index (Phi) is 2.18. The Hall–Kier alpha value is -1.51. The van der Waals surface area contributed by atoms with E-state index >= 15 is 0 Å². The minimum atomic E-state index is 0.138. The van der Waals surface area contributed by atoms with E-state index in [0.717, 1.165) is 5.57 Å². The van der Waals surface area contributed by atoms with Crippen molar-refractivity contribution >= 4 is 5.84 Å². The predicted molar refractivity (Wildman–Crippen MR) is 63.3 cm³/mol. The van der Waals surface area contributed by atoms with Crippen LogP contribution in [-0.2, 0) is 0 Å². The van der Waals surface area contributed by atoms with Gasteiger partial charge in [0.1, 0.15) is 5.84 Å². The molecule has 2 rings (SSSR count). The molecule has 2 aliphatic heterocycles. The fraction of sp³-hybridized carbons (Fsp3) is 0.417. The number of nitrogens with two attached hydrogens (primary N) is 1. The molecule has 0 aliphatic carbocycles. The van der Waals surface area contributed by atoms with E-state index in [9.17, 15) is 0 Å². The lowest BCUT2D eigenvalue weighted by atomic mass is 9.87. The van der Waals surface area contributed by atoms with Gasteiger partial charge in [-0.05, 0) is 12.2 Å². The summed E-state index contributed by atoms with van der Waals surface area (Å²) in [5, 5.41) is 3.47. The van der Waals surface area contributed by atoms with Crippen molar-refractivity contribution in [2.75, 3.05) is 0 Å². The quantitative estimate of drug-likeness (QED) is 0.629. The van der Waals surface area contributed by atoms with Crippen molar-refractivity contribution in [2.24, 2.45) is 16.1 Å². The van der Waals surface area contributed by atoms with E-state index < -0.39 is 0 Å². The first-order valence-corrected chi connectivity index (χ1v) is 5.18. The van der Waals surface area contributed by atoms with Gasteiger partial charge in [-0.3, -0.25) is 0 Å². The van der Waals surface area contributed by atoms with Gasteiger partial charge in [0, 0.05) is 22.9 Å². The molecule has 2 heterocycles. The SMILES string of the molecule is CC(C)(C)C1=CC=C2C(N)=NC=CC2N1. The van der Waals surface area contributed by atoms with Crippen LogP contribution < -0.4 is 11.1 Å². The second-order valence-electron chi connectivity index (χ2n) is 4.93. The number of aliphatic imine (C=N–C) groups is 1. The number of hydrogen-bond donors (Lipinski definition) is 2. The van der Waals surface area contributed by atoms with E-state index in [4.69, 9.17) is 5.73 Å². The van der Waals surface area contributed by atoms with E-state index in [2.05, 4.69) is 43.2 Å². The van der Waals surface area contributed by atoms with Crippen LogP contribution in [0.5, 0.6) is 0 Å².